The first-order valence-corrected chi connectivity index (χ1v) is 8.37. The molecule has 2 heterocycles. The lowest BCUT2D eigenvalue weighted by Crippen LogP contribution is -2.41. The van der Waals surface area contributed by atoms with Crippen LogP contribution in [0.5, 0.6) is 0 Å². The molecule has 2 aromatic rings. The first-order chi connectivity index (χ1) is 11.8. The van der Waals surface area contributed by atoms with E-state index >= 15 is 0 Å². The second-order valence-electron chi connectivity index (χ2n) is 7.17. The standard InChI is InChI=1S/C19H22BN3O2/c1-18(2)19(3,4)25-20(24-18)16-11-10-15(12-21)17(23-16)22-13-14-8-6-5-7-9-14/h5-11H,13H2,1-4H3,(H,22,23). The molecule has 3 rings (SSSR count). The van der Waals surface area contributed by atoms with Crippen molar-refractivity contribution in [2.75, 3.05) is 5.32 Å². The molecule has 0 amide bonds. The highest BCUT2D eigenvalue weighted by Crippen LogP contribution is 2.36. The third kappa shape index (κ3) is 3.53. The fourth-order valence-corrected chi connectivity index (χ4v) is 2.58. The second kappa shape index (κ2) is 6.51. The van der Waals surface area contributed by atoms with Crippen LogP contribution in [0.25, 0.3) is 0 Å². The van der Waals surface area contributed by atoms with Gasteiger partial charge in [0.1, 0.15) is 11.9 Å². The van der Waals surface area contributed by atoms with Crippen LogP contribution < -0.4 is 10.9 Å². The van der Waals surface area contributed by atoms with Crippen LogP contribution in [0, 0.1) is 11.3 Å². The van der Waals surface area contributed by atoms with E-state index in [0.717, 1.165) is 5.56 Å². The zero-order valence-corrected chi connectivity index (χ0v) is 15.0. The third-order valence-corrected chi connectivity index (χ3v) is 4.83. The Balaban J connectivity index is 1.82. The quantitative estimate of drug-likeness (QED) is 0.871. The average molecular weight is 335 g/mol. The molecule has 1 saturated heterocycles. The molecule has 25 heavy (non-hydrogen) atoms. The number of nitriles is 1. The Kier molecular flexibility index (Phi) is 4.55. The molecule has 0 radical (unpaired) electrons. The summed E-state index contributed by atoms with van der Waals surface area (Å²) in [7, 11) is -0.546. The molecule has 1 fully saturated rings. The number of benzene rings is 1. The van der Waals surface area contributed by atoms with E-state index in [1.807, 2.05) is 58.0 Å². The Morgan fingerprint density at radius 1 is 1.04 bits per heavy atom. The van der Waals surface area contributed by atoms with Gasteiger partial charge in [-0.05, 0) is 45.4 Å². The summed E-state index contributed by atoms with van der Waals surface area (Å²) in [5, 5.41) is 12.6. The van der Waals surface area contributed by atoms with Gasteiger partial charge in [-0.1, -0.05) is 30.3 Å². The van der Waals surface area contributed by atoms with Gasteiger partial charge in [-0.15, -0.1) is 0 Å². The molecule has 0 unspecified atom stereocenters. The van der Waals surface area contributed by atoms with Crippen molar-refractivity contribution in [3.05, 3.63) is 53.6 Å². The minimum absolute atomic E-state index is 0.426. The maximum absolute atomic E-state index is 9.35. The SMILES string of the molecule is CC1(C)OB(c2ccc(C#N)c(NCc3ccccc3)n2)OC1(C)C. The van der Waals surface area contributed by atoms with Crippen molar-refractivity contribution in [3.63, 3.8) is 0 Å². The van der Waals surface area contributed by atoms with E-state index < -0.39 is 18.3 Å². The Hall–Kier alpha value is -2.36. The molecule has 6 heteroatoms. The van der Waals surface area contributed by atoms with Crippen molar-refractivity contribution in [3.8, 4) is 6.07 Å². The van der Waals surface area contributed by atoms with Crippen molar-refractivity contribution in [2.45, 2.75) is 45.4 Å². The van der Waals surface area contributed by atoms with Crippen molar-refractivity contribution in [1.82, 2.24) is 4.98 Å². The lowest BCUT2D eigenvalue weighted by molar-refractivity contribution is 0.00578. The number of rotatable bonds is 4. The predicted molar refractivity (Wildman–Crippen MR) is 98.4 cm³/mol. The number of nitrogens with one attached hydrogen (secondary N) is 1. The molecule has 128 valence electrons. The molecule has 1 aliphatic rings. The van der Waals surface area contributed by atoms with E-state index in [0.29, 0.717) is 23.5 Å². The lowest BCUT2D eigenvalue weighted by Gasteiger charge is -2.32. The topological polar surface area (TPSA) is 67.2 Å². The van der Waals surface area contributed by atoms with Gasteiger partial charge in [0, 0.05) is 6.54 Å². The molecule has 1 N–H and O–H groups in total. The van der Waals surface area contributed by atoms with Gasteiger partial charge < -0.3 is 14.6 Å². The van der Waals surface area contributed by atoms with E-state index in [1.54, 1.807) is 12.1 Å². The number of aromatic nitrogens is 1. The highest BCUT2D eigenvalue weighted by molar-refractivity contribution is 6.61. The van der Waals surface area contributed by atoms with E-state index in [4.69, 9.17) is 9.31 Å². The van der Waals surface area contributed by atoms with E-state index in [2.05, 4.69) is 16.4 Å². The number of hydrogen-bond donors (Lipinski definition) is 1. The Labute approximate surface area is 149 Å². The lowest BCUT2D eigenvalue weighted by atomic mass is 9.84. The van der Waals surface area contributed by atoms with Gasteiger partial charge in [0.15, 0.2) is 0 Å². The van der Waals surface area contributed by atoms with Crippen LogP contribution in [-0.2, 0) is 15.9 Å². The highest BCUT2D eigenvalue weighted by atomic mass is 16.7. The first kappa shape index (κ1) is 17.5. The zero-order chi connectivity index (χ0) is 18.1. The molecule has 0 bridgehead atoms. The second-order valence-corrected chi connectivity index (χ2v) is 7.17. The summed E-state index contributed by atoms with van der Waals surface area (Å²) in [6.45, 7) is 8.61. The molecule has 1 aliphatic heterocycles. The molecular formula is C19H22BN3O2. The molecule has 0 atom stereocenters. The molecule has 1 aromatic heterocycles. The van der Waals surface area contributed by atoms with Crippen LogP contribution in [-0.4, -0.2) is 23.3 Å². The summed E-state index contributed by atoms with van der Waals surface area (Å²) >= 11 is 0. The Bertz CT molecular complexity index is 784. The maximum atomic E-state index is 9.35. The van der Waals surface area contributed by atoms with Crippen molar-refractivity contribution >= 4 is 18.5 Å². The zero-order valence-electron chi connectivity index (χ0n) is 15.0. The smallest absolute Gasteiger partial charge is 0.398 e. The van der Waals surface area contributed by atoms with Crippen molar-refractivity contribution < 1.29 is 9.31 Å². The van der Waals surface area contributed by atoms with Crippen LogP contribution in [0.1, 0.15) is 38.8 Å². The molecule has 1 aromatic carbocycles. The highest BCUT2D eigenvalue weighted by Gasteiger charge is 2.52. The Morgan fingerprint density at radius 2 is 1.68 bits per heavy atom. The summed E-state index contributed by atoms with van der Waals surface area (Å²) < 4.78 is 12.1. The fraction of sp³-hybridized carbons (Fsp3) is 0.368. The van der Waals surface area contributed by atoms with Gasteiger partial charge in [0.05, 0.1) is 22.4 Å². The van der Waals surface area contributed by atoms with Crippen LogP contribution in [0.4, 0.5) is 5.82 Å². The number of nitrogens with zero attached hydrogens (tertiary/aromatic N) is 2. The summed E-state index contributed by atoms with van der Waals surface area (Å²) in [5.41, 5.74) is 1.43. The van der Waals surface area contributed by atoms with Gasteiger partial charge in [0.25, 0.3) is 0 Å². The van der Waals surface area contributed by atoms with Crippen LogP contribution in [0.3, 0.4) is 0 Å². The first-order valence-electron chi connectivity index (χ1n) is 8.37. The molecule has 5 nitrogen and oxygen atoms in total. The van der Waals surface area contributed by atoms with Crippen molar-refractivity contribution in [2.24, 2.45) is 0 Å². The van der Waals surface area contributed by atoms with Crippen LogP contribution >= 0.6 is 0 Å². The predicted octanol–water partition coefficient (Wildman–Crippen LogP) is 2.86. The monoisotopic (exact) mass is 335 g/mol. The van der Waals surface area contributed by atoms with Gasteiger partial charge >= 0.3 is 7.12 Å². The van der Waals surface area contributed by atoms with Gasteiger partial charge in [0.2, 0.25) is 0 Å². The fourth-order valence-electron chi connectivity index (χ4n) is 2.58. The van der Waals surface area contributed by atoms with E-state index in [1.165, 1.54) is 0 Å². The van der Waals surface area contributed by atoms with E-state index in [-0.39, 0.29) is 0 Å². The largest absolute Gasteiger partial charge is 0.514 e. The van der Waals surface area contributed by atoms with Crippen LogP contribution in [0.2, 0.25) is 0 Å². The summed E-state index contributed by atoms with van der Waals surface area (Å²) in [5.74, 6) is 0.540. The summed E-state index contributed by atoms with van der Waals surface area (Å²) in [6.07, 6.45) is 0. The molecule has 0 spiro atoms. The van der Waals surface area contributed by atoms with Gasteiger partial charge in [-0.3, -0.25) is 0 Å². The minimum Gasteiger partial charge on any atom is -0.398 e. The van der Waals surface area contributed by atoms with Crippen LogP contribution in [0.15, 0.2) is 42.5 Å². The summed E-state index contributed by atoms with van der Waals surface area (Å²) in [4.78, 5) is 4.59. The third-order valence-electron chi connectivity index (χ3n) is 4.83. The van der Waals surface area contributed by atoms with Crippen molar-refractivity contribution in [1.29, 1.82) is 5.26 Å². The molecule has 0 saturated carbocycles. The Morgan fingerprint density at radius 3 is 2.28 bits per heavy atom. The van der Waals surface area contributed by atoms with Gasteiger partial charge in [-0.25, -0.2) is 4.98 Å². The minimum atomic E-state index is -0.546. The maximum Gasteiger partial charge on any atom is 0.514 e. The number of pyridine rings is 1. The molecular weight excluding hydrogens is 313 g/mol. The number of hydrogen-bond acceptors (Lipinski definition) is 5. The normalized spacial score (nSPS) is 18.0. The van der Waals surface area contributed by atoms with E-state index in [9.17, 15) is 5.26 Å². The molecule has 0 aliphatic carbocycles. The summed E-state index contributed by atoms with van der Waals surface area (Å²) in [6, 6.07) is 15.7. The average Bonchev–Trinajstić information content (AvgIpc) is 2.81. The van der Waals surface area contributed by atoms with Gasteiger partial charge in [-0.2, -0.15) is 5.26 Å². The number of anilines is 1.